The summed E-state index contributed by atoms with van der Waals surface area (Å²) in [6.45, 7) is 5.88. The van der Waals surface area contributed by atoms with E-state index in [1.807, 2.05) is 6.07 Å². The van der Waals surface area contributed by atoms with Crippen LogP contribution >= 0.6 is 35.7 Å². The van der Waals surface area contributed by atoms with Crippen molar-refractivity contribution in [3.05, 3.63) is 18.0 Å². The van der Waals surface area contributed by atoms with Crippen LogP contribution in [0.1, 0.15) is 5.69 Å². The van der Waals surface area contributed by atoms with Gasteiger partial charge in [0.1, 0.15) is 6.26 Å². The number of hydrogen-bond donors (Lipinski definition) is 1. The van der Waals surface area contributed by atoms with Crippen LogP contribution in [0.15, 0.2) is 21.8 Å². The summed E-state index contributed by atoms with van der Waals surface area (Å²) in [5.41, 5.74) is 0.937. The lowest BCUT2D eigenvalue weighted by molar-refractivity contribution is 0.169. The van der Waals surface area contributed by atoms with Gasteiger partial charge >= 0.3 is 0 Å². The molecule has 0 saturated carbocycles. The molecule has 0 aliphatic carbocycles. The van der Waals surface area contributed by atoms with Crippen LogP contribution in [0.5, 0.6) is 0 Å². The van der Waals surface area contributed by atoms with Crippen molar-refractivity contribution in [2.24, 2.45) is 4.99 Å². The summed E-state index contributed by atoms with van der Waals surface area (Å²) in [7, 11) is -1.46. The van der Waals surface area contributed by atoms with Crippen LogP contribution in [0.4, 0.5) is 0 Å². The third-order valence-corrected chi connectivity index (χ3v) is 7.58. The first kappa shape index (κ1) is 23.7. The lowest BCUT2D eigenvalue weighted by Gasteiger charge is -2.36. The van der Waals surface area contributed by atoms with Crippen LogP contribution in [-0.2, 0) is 16.6 Å². The molecule has 12 heteroatoms. The summed E-state index contributed by atoms with van der Waals surface area (Å²) < 4.78 is 31.3. The highest BCUT2D eigenvalue weighted by Crippen LogP contribution is 2.13. The number of aromatic nitrogens is 1. The largest absolute Gasteiger partial charge is 0.364 e. The third-order valence-electron chi connectivity index (χ3n) is 4.77. The van der Waals surface area contributed by atoms with Crippen LogP contribution in [0.25, 0.3) is 0 Å². The Morgan fingerprint density at radius 1 is 1.25 bits per heavy atom. The molecular formula is C16H29IN6O3S2. The first-order valence-electron chi connectivity index (χ1n) is 9.21. The van der Waals surface area contributed by atoms with Gasteiger partial charge in [-0.2, -0.15) is 11.8 Å². The zero-order chi connectivity index (χ0) is 19.1. The summed E-state index contributed by atoms with van der Waals surface area (Å²) in [5, 5.41) is 7.17. The molecule has 0 aromatic carbocycles. The van der Waals surface area contributed by atoms with Crippen molar-refractivity contribution in [1.29, 1.82) is 0 Å². The molecule has 160 valence electrons. The monoisotopic (exact) mass is 544 g/mol. The van der Waals surface area contributed by atoms with E-state index in [0.29, 0.717) is 19.6 Å². The van der Waals surface area contributed by atoms with Gasteiger partial charge in [-0.1, -0.05) is 5.16 Å². The molecule has 3 rings (SSSR count). The highest BCUT2D eigenvalue weighted by atomic mass is 127. The van der Waals surface area contributed by atoms with Crippen LogP contribution in [-0.4, -0.2) is 104 Å². The standard InChI is InChI=1S/C16H28N6O3S2.HI/c1-17-16(18-3-13-27(23,24)22-8-11-26-12-9-22)21-6-4-20(5-7-21)14-15-2-10-25-19-15;/h2,10H,3-9,11-14H2,1H3,(H,17,18);1H. The number of rotatable bonds is 6. The first-order valence-corrected chi connectivity index (χ1v) is 12.0. The molecule has 2 aliphatic heterocycles. The van der Waals surface area contributed by atoms with Crippen LogP contribution in [0.3, 0.4) is 0 Å². The summed E-state index contributed by atoms with van der Waals surface area (Å²) in [5.74, 6) is 2.63. The minimum atomic E-state index is -3.20. The zero-order valence-corrected chi connectivity index (χ0v) is 20.1. The van der Waals surface area contributed by atoms with E-state index in [-0.39, 0.29) is 29.7 Å². The Kier molecular flexibility index (Phi) is 9.80. The van der Waals surface area contributed by atoms with Crippen LogP contribution in [0, 0.1) is 0 Å². The van der Waals surface area contributed by atoms with Crippen molar-refractivity contribution in [3.63, 3.8) is 0 Å². The molecular weight excluding hydrogens is 515 g/mol. The zero-order valence-electron chi connectivity index (χ0n) is 16.1. The minimum Gasteiger partial charge on any atom is -0.364 e. The Morgan fingerprint density at radius 2 is 1.96 bits per heavy atom. The van der Waals surface area contributed by atoms with E-state index in [0.717, 1.165) is 55.9 Å². The number of halogens is 1. The van der Waals surface area contributed by atoms with Gasteiger partial charge in [-0.05, 0) is 0 Å². The molecule has 3 heterocycles. The second-order valence-corrected chi connectivity index (χ2v) is 9.87. The van der Waals surface area contributed by atoms with Gasteiger partial charge in [0.25, 0.3) is 0 Å². The van der Waals surface area contributed by atoms with Gasteiger partial charge in [-0.25, -0.2) is 12.7 Å². The molecule has 0 atom stereocenters. The lowest BCUT2D eigenvalue weighted by atomic mass is 10.3. The smallest absolute Gasteiger partial charge is 0.215 e. The van der Waals surface area contributed by atoms with Gasteiger partial charge in [0.2, 0.25) is 10.0 Å². The number of aliphatic imine (C=N–C) groups is 1. The summed E-state index contributed by atoms with van der Waals surface area (Å²) in [6, 6.07) is 1.88. The predicted octanol–water partition coefficient (Wildman–Crippen LogP) is 0.364. The first-order chi connectivity index (χ1) is 13.1. The fourth-order valence-corrected chi connectivity index (χ4v) is 5.74. The number of guanidine groups is 1. The number of sulfonamides is 1. The summed E-state index contributed by atoms with van der Waals surface area (Å²) >= 11 is 1.81. The van der Waals surface area contributed by atoms with E-state index >= 15 is 0 Å². The number of nitrogens with one attached hydrogen (secondary N) is 1. The molecule has 0 amide bonds. The molecule has 28 heavy (non-hydrogen) atoms. The van der Waals surface area contributed by atoms with Crippen molar-refractivity contribution in [2.75, 3.05) is 70.1 Å². The fourth-order valence-electron chi connectivity index (χ4n) is 3.24. The predicted molar refractivity (Wildman–Crippen MR) is 123 cm³/mol. The van der Waals surface area contributed by atoms with Gasteiger partial charge < -0.3 is 14.7 Å². The Hall–Kier alpha value is -0.570. The topological polar surface area (TPSA) is 94.3 Å². The highest BCUT2D eigenvalue weighted by molar-refractivity contribution is 14.0. The van der Waals surface area contributed by atoms with Gasteiger partial charge in [-0.3, -0.25) is 9.89 Å². The van der Waals surface area contributed by atoms with Crippen LogP contribution in [0.2, 0.25) is 0 Å². The Bertz CT molecular complexity index is 702. The molecule has 1 N–H and O–H groups in total. The van der Waals surface area contributed by atoms with Crippen molar-refractivity contribution < 1.29 is 12.9 Å². The molecule has 0 bridgehead atoms. The van der Waals surface area contributed by atoms with Gasteiger partial charge in [-0.15, -0.1) is 24.0 Å². The average Bonchev–Trinajstić information content (AvgIpc) is 3.20. The van der Waals surface area contributed by atoms with Gasteiger partial charge in [0.15, 0.2) is 5.96 Å². The molecule has 0 spiro atoms. The second-order valence-electron chi connectivity index (χ2n) is 6.56. The molecule has 0 radical (unpaired) electrons. The van der Waals surface area contributed by atoms with E-state index in [1.165, 1.54) is 0 Å². The second kappa shape index (κ2) is 11.6. The molecule has 2 saturated heterocycles. The van der Waals surface area contributed by atoms with E-state index in [4.69, 9.17) is 4.52 Å². The van der Waals surface area contributed by atoms with Crippen molar-refractivity contribution in [2.45, 2.75) is 6.54 Å². The Balaban J connectivity index is 0.00000280. The number of piperazine rings is 1. The van der Waals surface area contributed by atoms with Crippen molar-refractivity contribution in [3.8, 4) is 0 Å². The number of hydrogen-bond acceptors (Lipinski definition) is 7. The quantitative estimate of drug-likeness (QED) is 0.312. The van der Waals surface area contributed by atoms with E-state index < -0.39 is 10.0 Å². The van der Waals surface area contributed by atoms with Gasteiger partial charge in [0.05, 0.1) is 11.4 Å². The maximum Gasteiger partial charge on any atom is 0.215 e. The SMILES string of the molecule is CN=C(NCCS(=O)(=O)N1CCSCC1)N1CCN(Cc2ccon2)CC1.I. The number of nitrogens with zero attached hydrogens (tertiary/aromatic N) is 5. The summed E-state index contributed by atoms with van der Waals surface area (Å²) in [6.07, 6.45) is 1.59. The van der Waals surface area contributed by atoms with Crippen molar-refractivity contribution in [1.82, 2.24) is 24.6 Å². The highest BCUT2D eigenvalue weighted by Gasteiger charge is 2.25. The molecule has 1 aromatic rings. The fraction of sp³-hybridized carbons (Fsp3) is 0.750. The molecule has 2 fully saturated rings. The Labute approximate surface area is 188 Å². The Morgan fingerprint density at radius 3 is 2.57 bits per heavy atom. The van der Waals surface area contributed by atoms with E-state index in [1.54, 1.807) is 29.4 Å². The van der Waals surface area contributed by atoms with Crippen LogP contribution < -0.4 is 5.32 Å². The van der Waals surface area contributed by atoms with Gasteiger partial charge in [0, 0.05) is 77.0 Å². The normalized spacial score (nSPS) is 20.0. The molecule has 2 aliphatic rings. The molecule has 9 nitrogen and oxygen atoms in total. The van der Waals surface area contributed by atoms with Crippen molar-refractivity contribution >= 4 is 51.7 Å². The third kappa shape index (κ3) is 6.75. The number of thioether (sulfide) groups is 1. The van der Waals surface area contributed by atoms with E-state index in [2.05, 4.69) is 25.3 Å². The molecule has 1 aromatic heterocycles. The maximum atomic E-state index is 12.4. The van der Waals surface area contributed by atoms with E-state index in [9.17, 15) is 8.42 Å². The minimum absolute atomic E-state index is 0. The lowest BCUT2D eigenvalue weighted by Crippen LogP contribution is -2.53. The maximum absolute atomic E-state index is 12.4. The summed E-state index contributed by atoms with van der Waals surface area (Å²) in [4.78, 5) is 8.81. The molecule has 0 unspecified atom stereocenters. The average molecular weight is 544 g/mol.